The quantitative estimate of drug-likeness (QED) is 0.292. The monoisotopic (exact) mass is 449 g/mol. The second-order valence-electron chi connectivity index (χ2n) is 14.0. The minimum Gasteiger partial charge on any atom is -0.0848 e. The van der Waals surface area contributed by atoms with Gasteiger partial charge in [0, 0.05) is 0 Å². The molecule has 0 bridgehead atoms. The zero-order chi connectivity index (χ0) is 22.1. The van der Waals surface area contributed by atoms with Crippen LogP contribution in [-0.2, 0) is 0 Å². The van der Waals surface area contributed by atoms with Gasteiger partial charge >= 0.3 is 0 Å². The van der Waals surface area contributed by atoms with Crippen LogP contribution < -0.4 is 0 Å². The van der Waals surface area contributed by atoms with Gasteiger partial charge in [-0.1, -0.05) is 71.4 Å². The summed E-state index contributed by atoms with van der Waals surface area (Å²) in [6.45, 7) is 13.1. The highest BCUT2D eigenvalue weighted by Gasteiger charge is 2.55. The third-order valence-corrected chi connectivity index (χ3v) is 16.1. The number of fused-ring (bicyclic) bond motifs is 6. The van der Waals surface area contributed by atoms with Crippen LogP contribution in [0.1, 0.15) is 79.1 Å². The van der Waals surface area contributed by atoms with Gasteiger partial charge in [-0.25, -0.2) is 0 Å². The molecular weight excluding hydrogens is 400 g/mol. The Morgan fingerprint density at radius 2 is 0.969 bits per heavy atom. The topological polar surface area (TPSA) is 0 Å². The first-order valence-electron chi connectivity index (χ1n) is 14.6. The average molecular weight is 450 g/mol. The molecule has 0 aromatic carbocycles. The zero-order valence-corrected chi connectivity index (χ0v) is 22.5. The Balaban J connectivity index is 1.24. The molecule has 14 atom stereocenters. The lowest BCUT2D eigenvalue weighted by Gasteiger charge is -2.45. The normalized spacial score (nSPS) is 56.6. The van der Waals surface area contributed by atoms with Crippen molar-refractivity contribution in [1.82, 2.24) is 0 Å². The van der Waals surface area contributed by atoms with Crippen molar-refractivity contribution in [3.63, 3.8) is 0 Å². The molecule has 4 saturated carbocycles. The van der Waals surface area contributed by atoms with Crippen molar-refractivity contribution in [2.24, 2.45) is 71.0 Å². The maximum Gasteiger partial charge on any atom is 0.0529 e. The van der Waals surface area contributed by atoms with Crippen LogP contribution in [-0.4, -0.2) is 8.80 Å². The van der Waals surface area contributed by atoms with Crippen LogP contribution in [0.3, 0.4) is 0 Å². The Kier molecular flexibility index (Phi) is 5.84. The van der Waals surface area contributed by atoms with Gasteiger partial charge in [0.1, 0.15) is 0 Å². The molecule has 0 aromatic heterocycles. The lowest BCUT2D eigenvalue weighted by Crippen LogP contribution is -2.39. The summed E-state index contributed by atoms with van der Waals surface area (Å²) in [6, 6.07) is 0. The van der Waals surface area contributed by atoms with E-state index in [0.717, 1.165) is 82.1 Å². The van der Waals surface area contributed by atoms with Crippen LogP contribution in [0.15, 0.2) is 24.3 Å². The molecule has 6 aliphatic rings. The second-order valence-corrected chi connectivity index (χ2v) is 16.8. The molecule has 0 nitrogen and oxygen atoms in total. The summed E-state index contributed by atoms with van der Waals surface area (Å²) in [5.41, 5.74) is 2.07. The van der Waals surface area contributed by atoms with E-state index in [2.05, 4.69) is 58.5 Å². The van der Waals surface area contributed by atoms with Gasteiger partial charge in [-0.05, 0) is 121 Å². The summed E-state index contributed by atoms with van der Waals surface area (Å²) in [5.74, 6) is 11.6. The molecule has 6 rings (SSSR count). The molecule has 0 amide bonds. The fourth-order valence-electron chi connectivity index (χ4n) is 10.9. The molecule has 0 spiro atoms. The van der Waals surface area contributed by atoms with Gasteiger partial charge in [-0.15, -0.1) is 0 Å². The summed E-state index contributed by atoms with van der Waals surface area (Å²) in [5, 5.41) is 0. The maximum atomic E-state index is 2.81. The van der Waals surface area contributed by atoms with Gasteiger partial charge in [-0.2, -0.15) is 0 Å². The summed E-state index contributed by atoms with van der Waals surface area (Å²) in [6.07, 6.45) is 23.1. The Morgan fingerprint density at radius 1 is 0.531 bits per heavy atom. The fourth-order valence-corrected chi connectivity index (χ4v) is 15.3. The fraction of sp³-hybridized carbons (Fsp3) is 0.871. The van der Waals surface area contributed by atoms with Crippen molar-refractivity contribution in [3.05, 3.63) is 24.3 Å². The lowest BCUT2D eigenvalue weighted by atomic mass is 9.64. The molecule has 0 aromatic rings. The van der Waals surface area contributed by atoms with E-state index in [1.165, 1.54) is 38.5 Å². The molecule has 32 heavy (non-hydrogen) atoms. The summed E-state index contributed by atoms with van der Waals surface area (Å²) in [7, 11) is -0.378. The van der Waals surface area contributed by atoms with Crippen LogP contribution in [0.25, 0.3) is 0 Å². The number of hydrogen-bond acceptors (Lipinski definition) is 0. The molecular formula is C31H49Si. The standard InChI is InChI=1S/C31H49Si/c1-18-6-10-24-22(14-18)8-12-26-28(24)16-20(3)30(26)32(5)31-21(4)17-29-25-11-7-19(2)15-23(25)9-13-27(29)31/h8-9,12-13,18-31H,6-7,10-11,14-17H2,1-5H3/t18-,19-,20?,21?,22?,23?,24?,25?,26?,27?,28?,29?,30-,31-/m0/s1. The van der Waals surface area contributed by atoms with Gasteiger partial charge in [0.05, 0.1) is 8.80 Å². The summed E-state index contributed by atoms with van der Waals surface area (Å²) >= 11 is 0. The number of hydrogen-bond donors (Lipinski definition) is 0. The van der Waals surface area contributed by atoms with Crippen molar-refractivity contribution in [3.8, 4) is 0 Å². The first-order chi connectivity index (χ1) is 15.4. The minimum atomic E-state index is -0.378. The zero-order valence-electron chi connectivity index (χ0n) is 21.5. The van der Waals surface area contributed by atoms with Crippen LogP contribution in [0.5, 0.6) is 0 Å². The van der Waals surface area contributed by atoms with Gasteiger partial charge in [0.15, 0.2) is 0 Å². The predicted octanol–water partition coefficient (Wildman–Crippen LogP) is 8.64. The molecule has 0 aliphatic heterocycles. The highest BCUT2D eigenvalue weighted by Crippen LogP contribution is 2.63. The van der Waals surface area contributed by atoms with Crippen LogP contribution >= 0.6 is 0 Å². The Morgan fingerprint density at radius 3 is 1.41 bits per heavy atom. The van der Waals surface area contributed by atoms with Crippen molar-refractivity contribution < 1.29 is 0 Å². The highest BCUT2D eigenvalue weighted by molar-refractivity contribution is 6.61. The van der Waals surface area contributed by atoms with Gasteiger partial charge in [0.2, 0.25) is 0 Å². The van der Waals surface area contributed by atoms with Crippen LogP contribution in [0, 0.1) is 71.0 Å². The molecule has 4 fully saturated rings. The molecule has 1 radical (unpaired) electrons. The first kappa shape index (κ1) is 22.2. The second kappa shape index (κ2) is 8.42. The molecule has 177 valence electrons. The third-order valence-electron chi connectivity index (χ3n) is 12.1. The Labute approximate surface area is 200 Å². The summed E-state index contributed by atoms with van der Waals surface area (Å²) < 4.78 is 0. The van der Waals surface area contributed by atoms with Gasteiger partial charge in [-0.3, -0.25) is 0 Å². The van der Waals surface area contributed by atoms with E-state index < -0.39 is 0 Å². The number of rotatable bonds is 2. The van der Waals surface area contributed by atoms with Gasteiger partial charge < -0.3 is 0 Å². The molecule has 6 aliphatic carbocycles. The largest absolute Gasteiger partial charge is 0.0848 e. The smallest absolute Gasteiger partial charge is 0.0529 e. The van der Waals surface area contributed by atoms with Gasteiger partial charge in [0.25, 0.3) is 0 Å². The molecule has 1 heteroatoms. The molecule has 0 N–H and O–H groups in total. The lowest BCUT2D eigenvalue weighted by molar-refractivity contribution is 0.130. The Hall–Kier alpha value is -0.303. The van der Waals surface area contributed by atoms with Crippen LogP contribution in [0.2, 0.25) is 17.6 Å². The van der Waals surface area contributed by atoms with E-state index in [4.69, 9.17) is 0 Å². The third kappa shape index (κ3) is 3.49. The molecule has 10 unspecified atom stereocenters. The van der Waals surface area contributed by atoms with E-state index >= 15 is 0 Å². The van der Waals surface area contributed by atoms with Crippen molar-refractivity contribution in [1.29, 1.82) is 0 Å². The van der Waals surface area contributed by atoms with E-state index in [0.29, 0.717) is 0 Å². The van der Waals surface area contributed by atoms with E-state index in [-0.39, 0.29) is 8.80 Å². The summed E-state index contributed by atoms with van der Waals surface area (Å²) in [4.78, 5) is 0. The molecule has 0 heterocycles. The minimum absolute atomic E-state index is 0.378. The Bertz CT molecular complexity index is 690. The van der Waals surface area contributed by atoms with E-state index in [1.807, 2.05) is 0 Å². The van der Waals surface area contributed by atoms with Crippen molar-refractivity contribution in [2.75, 3.05) is 0 Å². The maximum absolute atomic E-state index is 2.81. The highest BCUT2D eigenvalue weighted by atomic mass is 28.3. The molecule has 0 saturated heterocycles. The first-order valence-corrected chi connectivity index (χ1v) is 16.8. The van der Waals surface area contributed by atoms with E-state index in [1.54, 1.807) is 12.8 Å². The van der Waals surface area contributed by atoms with Crippen molar-refractivity contribution >= 4 is 8.80 Å². The van der Waals surface area contributed by atoms with Crippen molar-refractivity contribution in [2.45, 2.75) is 96.7 Å². The number of allylic oxidation sites excluding steroid dienone is 4. The van der Waals surface area contributed by atoms with Crippen LogP contribution in [0.4, 0.5) is 0 Å². The predicted molar refractivity (Wildman–Crippen MR) is 139 cm³/mol. The SMILES string of the molecule is CC1CC2C3CC[C@H](C)CC3C=CC2[C@H]1[Si](C)[C@H]1C(C)CC2C3CC[C@H](C)CC3C=CC21. The average Bonchev–Trinajstić information content (AvgIpc) is 3.28. The van der Waals surface area contributed by atoms with E-state index in [9.17, 15) is 0 Å².